The highest BCUT2D eigenvalue weighted by Crippen LogP contribution is 2.38. The van der Waals surface area contributed by atoms with Crippen molar-refractivity contribution in [2.24, 2.45) is 11.7 Å². The van der Waals surface area contributed by atoms with E-state index < -0.39 is 56.8 Å². The van der Waals surface area contributed by atoms with Crippen LogP contribution in [0, 0.1) is 12.8 Å². The van der Waals surface area contributed by atoms with Gasteiger partial charge in [0, 0.05) is 61.9 Å². The molecule has 2 amide bonds. The van der Waals surface area contributed by atoms with Gasteiger partial charge in [0.15, 0.2) is 11.6 Å². The number of hydrogen-bond donors (Lipinski definition) is 8. The number of nitrogens with zero attached hydrogens (tertiary/aromatic N) is 7. The Morgan fingerprint density at radius 1 is 0.723 bits per heavy atom. The van der Waals surface area contributed by atoms with Gasteiger partial charge in [-0.3, -0.25) is 23.6 Å². The number of anilines is 1. The minimum atomic E-state index is -1.91. The minimum absolute atomic E-state index is 0.00751. The van der Waals surface area contributed by atoms with Gasteiger partial charge < -0.3 is 36.2 Å². The lowest BCUT2D eigenvalue weighted by molar-refractivity contribution is 0.0390. The molecule has 9 N–H and O–H groups in total. The van der Waals surface area contributed by atoms with Gasteiger partial charge in [0.2, 0.25) is 11.6 Å². The highest BCUT2D eigenvalue weighted by molar-refractivity contribution is 7.83. The summed E-state index contributed by atoms with van der Waals surface area (Å²) in [6.07, 6.45) is 0. The average Bonchev–Trinajstić information content (AvgIpc) is 3.93. The van der Waals surface area contributed by atoms with Crippen molar-refractivity contribution in [2.75, 3.05) is 51.3 Å². The van der Waals surface area contributed by atoms with E-state index in [1.54, 1.807) is 12.1 Å². The molecule has 2 unspecified atom stereocenters. The van der Waals surface area contributed by atoms with Gasteiger partial charge in [-0.05, 0) is 61.4 Å². The van der Waals surface area contributed by atoms with Crippen LogP contribution in [0.4, 0.5) is 5.69 Å². The molecular formula is C43H51N11O9S2. The van der Waals surface area contributed by atoms with Crippen molar-refractivity contribution in [2.45, 2.75) is 44.4 Å². The molecule has 1 saturated heterocycles. The van der Waals surface area contributed by atoms with Crippen LogP contribution in [-0.4, -0.2) is 121 Å². The van der Waals surface area contributed by atoms with Crippen LogP contribution in [0.1, 0.15) is 54.5 Å². The first-order valence-corrected chi connectivity index (χ1v) is 22.9. The maximum atomic E-state index is 14.0. The molecule has 344 valence electrons. The summed E-state index contributed by atoms with van der Waals surface area (Å²) < 4.78 is 40.2. The molecule has 1 aliphatic rings. The molecule has 1 fully saturated rings. The number of nitrogens with one attached hydrogen (secondary N) is 3. The molecule has 22 heteroatoms. The fourth-order valence-corrected chi connectivity index (χ4v) is 8.60. The molecule has 2 atom stereocenters. The topological polar surface area (TPSA) is 285 Å². The van der Waals surface area contributed by atoms with E-state index in [1.807, 2.05) is 46.8 Å². The molecule has 7 rings (SSSR count). The zero-order valence-electron chi connectivity index (χ0n) is 36.3. The summed E-state index contributed by atoms with van der Waals surface area (Å²) in [4.78, 5) is 28.7. The number of benzene rings is 4. The Kier molecular flexibility index (Phi) is 15.8. The molecule has 6 aromatic rings. The van der Waals surface area contributed by atoms with Crippen LogP contribution in [0.15, 0.2) is 82.6 Å². The Bertz CT molecular complexity index is 2700. The fraction of sp³-hybridized carbons (Fsp3) is 0.302. The van der Waals surface area contributed by atoms with Gasteiger partial charge in [-0.25, -0.2) is 17.9 Å². The summed E-state index contributed by atoms with van der Waals surface area (Å²) in [5.41, 5.74) is 7.66. The monoisotopic (exact) mass is 929 g/mol. The Morgan fingerprint density at radius 2 is 1.22 bits per heavy atom. The zero-order valence-corrected chi connectivity index (χ0v) is 37.9. The number of aromatic nitrogens is 6. The Hall–Kier alpha value is -6.56. The number of morpholine rings is 1. The van der Waals surface area contributed by atoms with Crippen LogP contribution in [0.3, 0.4) is 0 Å². The van der Waals surface area contributed by atoms with Crippen molar-refractivity contribution >= 4 is 39.5 Å². The summed E-state index contributed by atoms with van der Waals surface area (Å²) in [7, 11) is -3.76. The van der Waals surface area contributed by atoms with E-state index >= 15 is 0 Å². The lowest BCUT2D eigenvalue weighted by atomic mass is 10.1. The normalized spacial score (nSPS) is 13.8. The number of primary amides is 1. The number of ether oxygens (including phenoxy) is 1. The van der Waals surface area contributed by atoms with Gasteiger partial charge in [-0.15, -0.1) is 20.4 Å². The van der Waals surface area contributed by atoms with Crippen LogP contribution in [0.25, 0.3) is 34.2 Å². The first-order valence-electron chi connectivity index (χ1n) is 20.6. The third-order valence-electron chi connectivity index (χ3n) is 9.85. The number of nitrogens with two attached hydrogens (primary N) is 1. The predicted octanol–water partition coefficient (Wildman–Crippen LogP) is 3.90. The molecule has 0 bridgehead atoms. The van der Waals surface area contributed by atoms with Gasteiger partial charge in [0.25, 0.3) is 11.8 Å². The van der Waals surface area contributed by atoms with E-state index in [2.05, 4.69) is 40.1 Å². The summed E-state index contributed by atoms with van der Waals surface area (Å²) in [5.74, 6) is -3.72. The largest absolute Gasteiger partial charge is 0.507 e. The second kappa shape index (κ2) is 21.4. The number of phenols is 4. The van der Waals surface area contributed by atoms with Crippen LogP contribution >= 0.6 is 0 Å². The average molecular weight is 930 g/mol. The molecule has 0 aliphatic carbocycles. The minimum Gasteiger partial charge on any atom is -0.507 e. The van der Waals surface area contributed by atoms with E-state index in [0.29, 0.717) is 38.5 Å². The Balaban J connectivity index is 0.00000345. The van der Waals surface area contributed by atoms with E-state index in [-0.39, 0.29) is 61.5 Å². The SMILES string of the molecule is CC.Cc1ccc(-n2c(C(=O)Nc3ccc(-n4c(C(N)=O)nnc4-c4cc(S(=O)NCCN5CCOCC5)c(O)cc4O)cc3)nnc2-c2cc(S(=O)NCC(C)C)c(O)cc2O)cc1. The molecule has 1 aliphatic heterocycles. The summed E-state index contributed by atoms with van der Waals surface area (Å²) in [6.45, 7) is 13.8. The number of hydrogen-bond acceptors (Lipinski definition) is 14. The molecule has 0 radical (unpaired) electrons. The molecule has 4 aromatic carbocycles. The molecule has 0 spiro atoms. The fourth-order valence-electron chi connectivity index (χ4n) is 6.58. The van der Waals surface area contributed by atoms with Gasteiger partial charge in [0.1, 0.15) is 45.0 Å². The predicted molar refractivity (Wildman–Crippen MR) is 244 cm³/mol. The van der Waals surface area contributed by atoms with Gasteiger partial charge >= 0.3 is 0 Å². The summed E-state index contributed by atoms with van der Waals surface area (Å²) in [6, 6.07) is 17.9. The smallest absolute Gasteiger partial charge is 0.293 e. The lowest BCUT2D eigenvalue weighted by Crippen LogP contribution is -2.40. The number of carbonyl (C=O) groups excluding carboxylic acids is 2. The third kappa shape index (κ3) is 11.0. The van der Waals surface area contributed by atoms with Crippen molar-refractivity contribution in [3.8, 4) is 57.1 Å². The number of rotatable bonds is 16. The van der Waals surface area contributed by atoms with Crippen LogP contribution in [0.2, 0.25) is 0 Å². The summed E-state index contributed by atoms with van der Waals surface area (Å²) in [5, 5.41) is 62.5. The number of phenolic OH excluding ortho intramolecular Hbond substituents is 4. The maximum Gasteiger partial charge on any atom is 0.293 e. The lowest BCUT2D eigenvalue weighted by Gasteiger charge is -2.26. The van der Waals surface area contributed by atoms with Crippen molar-refractivity contribution in [3.63, 3.8) is 0 Å². The summed E-state index contributed by atoms with van der Waals surface area (Å²) >= 11 is 0. The van der Waals surface area contributed by atoms with Gasteiger partial charge in [0.05, 0.1) is 34.1 Å². The first-order chi connectivity index (χ1) is 31.2. The van der Waals surface area contributed by atoms with E-state index in [9.17, 15) is 38.4 Å². The molecule has 0 saturated carbocycles. The number of aryl methyl sites for hydroxylation is 1. The van der Waals surface area contributed by atoms with E-state index in [0.717, 1.165) is 30.8 Å². The molecular weight excluding hydrogens is 879 g/mol. The van der Waals surface area contributed by atoms with Crippen molar-refractivity contribution in [3.05, 3.63) is 90.0 Å². The first kappa shape index (κ1) is 47.9. The van der Waals surface area contributed by atoms with Gasteiger partial charge in [-0.2, -0.15) is 0 Å². The maximum absolute atomic E-state index is 14.0. The number of carbonyl (C=O) groups is 2. The Morgan fingerprint density at radius 3 is 1.74 bits per heavy atom. The van der Waals surface area contributed by atoms with Gasteiger partial charge in [-0.1, -0.05) is 45.4 Å². The molecule has 65 heavy (non-hydrogen) atoms. The van der Waals surface area contributed by atoms with E-state index in [1.165, 1.54) is 45.5 Å². The van der Waals surface area contributed by atoms with Crippen molar-refractivity contribution < 1.29 is 43.2 Å². The van der Waals surface area contributed by atoms with Crippen molar-refractivity contribution in [1.82, 2.24) is 43.9 Å². The third-order valence-corrected chi connectivity index (χ3v) is 12.2. The standard InChI is InChI=1S/C41H45N11O9S2.C2H6/c1-23(2)22-44-63(60)35-19-29(31(54)21-33(35)56)38-47-49-40(52(38)26-8-4-24(3)5-9-26)41(58)45-25-6-10-27(11-7-25)51-37(46-48-39(51)36(42)57)28-18-34(32(55)20-30(28)53)62(59)43-12-13-50-14-16-61-17-15-50;1-2/h4-11,18-21,23,43-44,53-56H,12-17,22H2,1-3H3,(H2,42,57)(H,45,58);1-2H3. The van der Waals surface area contributed by atoms with E-state index in [4.69, 9.17) is 10.5 Å². The second-order valence-corrected chi connectivity index (χ2v) is 17.4. The van der Waals surface area contributed by atoms with Crippen LogP contribution in [0.5, 0.6) is 23.0 Å². The molecule has 20 nitrogen and oxygen atoms in total. The zero-order chi connectivity index (χ0) is 46.9. The number of aromatic hydroxyl groups is 4. The molecule has 2 aromatic heterocycles. The highest BCUT2D eigenvalue weighted by atomic mass is 32.2. The van der Waals surface area contributed by atoms with Crippen molar-refractivity contribution in [1.29, 1.82) is 0 Å². The number of amides is 2. The van der Waals surface area contributed by atoms with Crippen LogP contribution < -0.4 is 20.5 Å². The Labute approximate surface area is 379 Å². The highest BCUT2D eigenvalue weighted by Gasteiger charge is 2.27. The van der Waals surface area contributed by atoms with Crippen LogP contribution in [-0.2, 0) is 26.7 Å². The molecule has 3 heterocycles. The second-order valence-electron chi connectivity index (χ2n) is 14.9. The quantitative estimate of drug-likeness (QED) is 0.0684.